The fraction of sp³-hybridized carbons (Fsp3) is 0.400. The third-order valence-electron chi connectivity index (χ3n) is 7.24. The Bertz CT molecular complexity index is 1540. The lowest BCUT2D eigenvalue weighted by Crippen LogP contribution is -2.59. The lowest BCUT2D eigenvalue weighted by molar-refractivity contribution is 0.199. The molecule has 5 rings (SSSR count). The zero-order valence-electron chi connectivity index (χ0n) is 21.1. The molecule has 1 aliphatic carbocycles. The summed E-state index contributed by atoms with van der Waals surface area (Å²) in [6.07, 6.45) is 4.24. The van der Waals surface area contributed by atoms with Gasteiger partial charge in [0.25, 0.3) is 0 Å². The van der Waals surface area contributed by atoms with Gasteiger partial charge in [-0.3, -0.25) is 10.3 Å². The van der Waals surface area contributed by atoms with Crippen molar-refractivity contribution in [2.75, 3.05) is 19.9 Å². The number of carboxylic acid groups (broad SMARTS) is 1. The van der Waals surface area contributed by atoms with E-state index >= 15 is 4.39 Å². The van der Waals surface area contributed by atoms with Crippen molar-refractivity contribution >= 4 is 21.7 Å². The zero-order chi connectivity index (χ0) is 27.1. The normalized spacial score (nSPS) is 24.2. The number of ether oxygens (including phenoxy) is 1. The highest BCUT2D eigenvalue weighted by Crippen LogP contribution is 2.47. The Labute approximate surface area is 218 Å². The van der Waals surface area contributed by atoms with Crippen LogP contribution in [0.2, 0.25) is 0 Å². The van der Waals surface area contributed by atoms with E-state index in [1.54, 1.807) is 19.1 Å². The third kappa shape index (κ3) is 4.20. The summed E-state index contributed by atoms with van der Waals surface area (Å²) in [6, 6.07) is 5.98. The minimum Gasteiger partial charge on any atom is -0.494 e. The molecule has 0 radical (unpaired) electrons. The molecule has 1 saturated carbocycles. The summed E-state index contributed by atoms with van der Waals surface area (Å²) in [4.78, 5) is 24.8. The number of aliphatic imine (C=N–C) groups is 1. The van der Waals surface area contributed by atoms with E-state index in [4.69, 9.17) is 14.3 Å². The maximum atomic E-state index is 15.4. The highest BCUT2D eigenvalue weighted by Gasteiger charge is 2.55. The number of benzene rings is 1. The second kappa shape index (κ2) is 9.46. The van der Waals surface area contributed by atoms with Gasteiger partial charge < -0.3 is 14.4 Å². The Morgan fingerprint density at radius 3 is 2.58 bits per heavy atom. The second-order valence-corrected chi connectivity index (χ2v) is 12.3. The number of amides is 1. The minimum absolute atomic E-state index is 0.0526. The highest BCUT2D eigenvalue weighted by atomic mass is 32.2. The van der Waals surface area contributed by atoms with Gasteiger partial charge in [0.1, 0.15) is 21.9 Å². The molecule has 1 fully saturated rings. The molecule has 0 bridgehead atoms. The second-order valence-electron chi connectivity index (χ2n) is 9.55. The van der Waals surface area contributed by atoms with Crippen molar-refractivity contribution in [2.24, 2.45) is 9.36 Å². The molecule has 2 N–H and O–H groups in total. The first-order valence-corrected chi connectivity index (χ1v) is 13.7. The predicted molar refractivity (Wildman–Crippen MR) is 138 cm³/mol. The van der Waals surface area contributed by atoms with Gasteiger partial charge in [-0.2, -0.15) is 0 Å². The average molecular weight is 543 g/mol. The van der Waals surface area contributed by atoms with Crippen molar-refractivity contribution in [1.29, 1.82) is 0 Å². The van der Waals surface area contributed by atoms with Crippen molar-refractivity contribution in [3.63, 3.8) is 0 Å². The molecule has 2 atom stereocenters. The Morgan fingerprint density at radius 1 is 1.24 bits per heavy atom. The van der Waals surface area contributed by atoms with E-state index in [2.05, 4.69) is 24.8 Å². The van der Waals surface area contributed by atoms with Gasteiger partial charge in [0, 0.05) is 24.2 Å². The fourth-order valence-corrected chi connectivity index (χ4v) is 8.40. The fourth-order valence-electron chi connectivity index (χ4n) is 5.34. The molecule has 2 aromatic heterocycles. The van der Waals surface area contributed by atoms with E-state index in [-0.39, 0.29) is 17.2 Å². The van der Waals surface area contributed by atoms with Crippen LogP contribution in [0, 0.1) is 5.82 Å². The molecule has 1 aliphatic heterocycles. The molecule has 3 aromatic rings. The van der Waals surface area contributed by atoms with Gasteiger partial charge >= 0.3 is 6.09 Å². The SMILES string of the molecule is CN=S1(=O)C[C@@](C)(c2cc(-c3cc(-c4ncc(OC)cn4)no3)ccc2F)N=C(NC(=O)O)C12CCCC2. The van der Waals surface area contributed by atoms with Gasteiger partial charge in [-0.1, -0.05) is 18.0 Å². The minimum atomic E-state index is -3.01. The Hall–Kier alpha value is -3.87. The third-order valence-corrected chi connectivity index (χ3v) is 10.6. The lowest BCUT2D eigenvalue weighted by Gasteiger charge is -2.43. The van der Waals surface area contributed by atoms with Gasteiger partial charge in [-0.15, -0.1) is 0 Å². The first kappa shape index (κ1) is 25.8. The Kier molecular flexibility index (Phi) is 6.41. The van der Waals surface area contributed by atoms with Crippen LogP contribution in [0.5, 0.6) is 5.75 Å². The monoisotopic (exact) mass is 542 g/mol. The van der Waals surface area contributed by atoms with Crippen LogP contribution < -0.4 is 10.1 Å². The van der Waals surface area contributed by atoms with Crippen molar-refractivity contribution in [2.45, 2.75) is 42.9 Å². The van der Waals surface area contributed by atoms with Crippen LogP contribution in [0.25, 0.3) is 22.8 Å². The number of amidine groups is 1. The summed E-state index contributed by atoms with van der Waals surface area (Å²) in [7, 11) is -0.0319. The van der Waals surface area contributed by atoms with E-state index in [1.165, 1.54) is 38.7 Å². The van der Waals surface area contributed by atoms with Gasteiger partial charge in [-0.05, 0) is 38.0 Å². The molecule has 1 aromatic carbocycles. The topological polar surface area (TPSA) is 152 Å². The van der Waals surface area contributed by atoms with Crippen LogP contribution in [-0.4, -0.2) is 61.0 Å². The van der Waals surface area contributed by atoms with Crippen LogP contribution >= 0.6 is 0 Å². The van der Waals surface area contributed by atoms with Crippen LogP contribution in [0.4, 0.5) is 9.18 Å². The molecule has 200 valence electrons. The number of methoxy groups -OCH3 is 1. The molecule has 2 aliphatic rings. The number of nitrogens with one attached hydrogen (secondary N) is 1. The van der Waals surface area contributed by atoms with Crippen LogP contribution in [-0.2, 0) is 15.3 Å². The van der Waals surface area contributed by atoms with Gasteiger partial charge in [0.15, 0.2) is 23.0 Å². The summed E-state index contributed by atoms with van der Waals surface area (Å²) >= 11 is 0. The maximum absolute atomic E-state index is 15.4. The van der Waals surface area contributed by atoms with Gasteiger partial charge in [-0.25, -0.2) is 27.7 Å². The van der Waals surface area contributed by atoms with Crippen molar-refractivity contribution in [3.8, 4) is 28.6 Å². The van der Waals surface area contributed by atoms with Crippen LogP contribution in [0.3, 0.4) is 0 Å². The summed E-state index contributed by atoms with van der Waals surface area (Å²) in [5, 5.41) is 15.9. The van der Waals surface area contributed by atoms with E-state index in [0.717, 1.165) is 12.8 Å². The summed E-state index contributed by atoms with van der Waals surface area (Å²) in [5.41, 5.74) is -0.342. The highest BCUT2D eigenvalue weighted by molar-refractivity contribution is 7.95. The standard InChI is InChI=1S/C25H27FN6O5S/c1-24(14-38(35,27-2)25(8-4-5-9-25)22(31-24)30-23(33)34)17-10-15(6-7-18(17)26)20-11-19(32-37-20)21-28-12-16(36-3)13-29-21/h6-7,10-13H,4-5,8-9,14H2,1-3H3,(H,30,31)(H,33,34)/t24-,38?/m0/s1. The van der Waals surface area contributed by atoms with E-state index in [9.17, 15) is 14.1 Å². The van der Waals surface area contributed by atoms with E-state index < -0.39 is 31.9 Å². The number of carbonyl (C=O) groups is 1. The molecule has 3 heterocycles. The van der Waals surface area contributed by atoms with Crippen molar-refractivity contribution < 1.29 is 27.8 Å². The van der Waals surface area contributed by atoms with Gasteiger partial charge in [0.05, 0.1) is 35.0 Å². The molecule has 0 saturated heterocycles. The maximum Gasteiger partial charge on any atom is 0.410 e. The quantitative estimate of drug-likeness (QED) is 0.496. The predicted octanol–water partition coefficient (Wildman–Crippen LogP) is 4.25. The molecule has 1 spiro atoms. The van der Waals surface area contributed by atoms with E-state index in [1.807, 2.05) is 0 Å². The number of hydrogen-bond donors (Lipinski definition) is 2. The van der Waals surface area contributed by atoms with E-state index in [0.29, 0.717) is 41.4 Å². The molecular formula is C25H27FN6O5S. The molecule has 38 heavy (non-hydrogen) atoms. The van der Waals surface area contributed by atoms with Crippen LogP contribution in [0.15, 0.2) is 50.5 Å². The van der Waals surface area contributed by atoms with Crippen molar-refractivity contribution in [1.82, 2.24) is 20.4 Å². The average Bonchev–Trinajstić information content (AvgIpc) is 3.59. The Morgan fingerprint density at radius 2 is 1.95 bits per heavy atom. The first-order chi connectivity index (χ1) is 18.1. The lowest BCUT2D eigenvalue weighted by atomic mass is 9.91. The molecule has 1 unspecified atom stereocenters. The first-order valence-electron chi connectivity index (χ1n) is 12.0. The summed E-state index contributed by atoms with van der Waals surface area (Å²) in [6.45, 7) is 1.64. The largest absolute Gasteiger partial charge is 0.494 e. The summed E-state index contributed by atoms with van der Waals surface area (Å²) in [5.74, 6) is 0.601. The number of rotatable bonds is 4. The van der Waals surface area contributed by atoms with Crippen LogP contribution in [0.1, 0.15) is 38.2 Å². The molecular weight excluding hydrogens is 515 g/mol. The van der Waals surface area contributed by atoms with Gasteiger partial charge in [0.2, 0.25) is 0 Å². The Balaban J connectivity index is 1.58. The molecule has 11 nitrogen and oxygen atoms in total. The molecule has 13 heteroatoms. The number of hydrogen-bond acceptors (Lipinski definition) is 9. The number of halogens is 1. The molecule has 1 amide bonds. The smallest absolute Gasteiger partial charge is 0.410 e. The summed E-state index contributed by atoms with van der Waals surface area (Å²) < 4.78 is 43.6. The number of nitrogens with zero attached hydrogens (tertiary/aromatic N) is 5. The van der Waals surface area contributed by atoms with Crippen molar-refractivity contribution in [3.05, 3.63) is 48.0 Å². The number of aromatic nitrogens is 3. The zero-order valence-corrected chi connectivity index (χ0v) is 21.9.